The number of halogens is 1. The van der Waals surface area contributed by atoms with Gasteiger partial charge in [0.15, 0.2) is 0 Å². The summed E-state index contributed by atoms with van der Waals surface area (Å²) in [6.45, 7) is 4.18. The molecule has 1 fully saturated rings. The van der Waals surface area contributed by atoms with E-state index in [4.69, 9.17) is 15.2 Å². The number of rotatable bonds is 7. The molecule has 10 heteroatoms. The molecule has 1 saturated heterocycles. The Bertz CT molecular complexity index is 909. The van der Waals surface area contributed by atoms with Crippen molar-refractivity contribution in [2.45, 2.75) is 44.9 Å². The van der Waals surface area contributed by atoms with Crippen LogP contribution in [0.5, 0.6) is 0 Å². The molecule has 0 spiro atoms. The summed E-state index contributed by atoms with van der Waals surface area (Å²) in [6.07, 6.45) is 3.43. The number of carbonyl (C=O) groups excluding carboxylic acids is 2. The van der Waals surface area contributed by atoms with Gasteiger partial charge in [-0.3, -0.25) is 4.79 Å². The Hall–Kier alpha value is -3.27. The molecule has 1 aromatic heterocycles. The van der Waals surface area contributed by atoms with Crippen LogP contribution in [0.25, 0.3) is 0 Å². The summed E-state index contributed by atoms with van der Waals surface area (Å²) in [6, 6.07) is 3.93. The average Bonchev–Trinajstić information content (AvgIpc) is 3.17. The fourth-order valence-corrected chi connectivity index (χ4v) is 2.89. The Balaban J connectivity index is 1.57. The van der Waals surface area contributed by atoms with Crippen LogP contribution >= 0.6 is 0 Å². The van der Waals surface area contributed by atoms with Gasteiger partial charge in [0.2, 0.25) is 5.95 Å². The third-order valence-corrected chi connectivity index (χ3v) is 4.74. The predicted molar refractivity (Wildman–Crippen MR) is 107 cm³/mol. The summed E-state index contributed by atoms with van der Waals surface area (Å²) >= 11 is 0. The summed E-state index contributed by atoms with van der Waals surface area (Å²) in [7, 11) is 0. The molecule has 2 aromatic rings. The van der Waals surface area contributed by atoms with Gasteiger partial charge in [-0.1, -0.05) is 6.92 Å². The van der Waals surface area contributed by atoms with Crippen LogP contribution in [-0.4, -0.2) is 40.7 Å². The highest BCUT2D eigenvalue weighted by Gasteiger charge is 2.30. The molecule has 4 N–H and O–H groups in total. The molecule has 0 aliphatic carbocycles. The van der Waals surface area contributed by atoms with Gasteiger partial charge in [-0.2, -0.15) is 0 Å². The van der Waals surface area contributed by atoms with Gasteiger partial charge in [0.05, 0.1) is 18.3 Å². The van der Waals surface area contributed by atoms with Crippen LogP contribution < -0.4 is 16.4 Å². The predicted octanol–water partition coefficient (Wildman–Crippen LogP) is 2.81. The minimum atomic E-state index is -0.861. The molecule has 0 unspecified atom stereocenters. The summed E-state index contributed by atoms with van der Waals surface area (Å²) < 4.78 is 24.6. The van der Waals surface area contributed by atoms with Crippen molar-refractivity contribution in [2.24, 2.45) is 5.73 Å². The molecule has 9 nitrogen and oxygen atoms in total. The molecule has 0 bridgehead atoms. The summed E-state index contributed by atoms with van der Waals surface area (Å²) in [5, 5.41) is 5.64. The van der Waals surface area contributed by atoms with Gasteiger partial charge in [0.25, 0.3) is 5.91 Å². The zero-order chi connectivity index (χ0) is 21.7. The molecule has 160 valence electrons. The fourth-order valence-electron chi connectivity index (χ4n) is 2.89. The van der Waals surface area contributed by atoms with Crippen molar-refractivity contribution >= 4 is 23.6 Å². The highest BCUT2D eigenvalue weighted by molar-refractivity contribution is 5.94. The number of carbonyl (C=O) groups is 2. The Kier molecular flexibility index (Phi) is 6.78. The van der Waals surface area contributed by atoms with Gasteiger partial charge in [-0.25, -0.2) is 19.2 Å². The van der Waals surface area contributed by atoms with Crippen molar-refractivity contribution in [3.63, 3.8) is 0 Å². The summed E-state index contributed by atoms with van der Waals surface area (Å²) in [4.78, 5) is 31.5. The van der Waals surface area contributed by atoms with Crippen molar-refractivity contribution < 1.29 is 23.5 Å². The number of amides is 2. The second-order valence-electron chi connectivity index (χ2n) is 7.06. The molecular weight excluding hydrogens is 393 g/mol. The number of hydrogen-bond acceptors (Lipinski definition) is 7. The van der Waals surface area contributed by atoms with Crippen molar-refractivity contribution in [2.75, 3.05) is 11.9 Å². The second-order valence-corrected chi connectivity index (χ2v) is 7.06. The minimum Gasteiger partial charge on any atom is -0.444 e. The first kappa shape index (κ1) is 21.4. The van der Waals surface area contributed by atoms with E-state index in [1.54, 1.807) is 12.4 Å². The van der Waals surface area contributed by atoms with Crippen LogP contribution in [0.15, 0.2) is 30.6 Å². The Labute approximate surface area is 173 Å². The van der Waals surface area contributed by atoms with E-state index in [0.717, 1.165) is 18.1 Å². The van der Waals surface area contributed by atoms with E-state index >= 15 is 0 Å². The van der Waals surface area contributed by atoms with E-state index in [2.05, 4.69) is 20.6 Å². The number of anilines is 2. The van der Waals surface area contributed by atoms with Crippen LogP contribution in [0.2, 0.25) is 0 Å². The monoisotopic (exact) mass is 417 g/mol. The lowest BCUT2D eigenvalue weighted by atomic mass is 10.1. The zero-order valence-electron chi connectivity index (χ0n) is 16.7. The minimum absolute atomic E-state index is 0.0456. The molecular formula is C20H24FN5O4. The number of aromatic nitrogens is 2. The first-order valence-electron chi connectivity index (χ1n) is 9.62. The number of ether oxygens (including phenoxy) is 2. The lowest BCUT2D eigenvalue weighted by Crippen LogP contribution is -2.35. The standard InChI is InChI=1S/C20H24FN5O4/c1-3-11(2)25-20(28)30-14-7-17(29-10-14)12-8-23-19(24-9-12)26-13-4-5-16(21)15(6-13)18(22)27/h4-6,8-9,11,14,17H,3,7,10H2,1-2H3,(H2,22,27)(H,25,28)(H,23,24,26)/t11-,14-,17-/m0/s1. The topological polar surface area (TPSA) is 128 Å². The van der Waals surface area contributed by atoms with Crippen molar-refractivity contribution in [3.05, 3.63) is 47.5 Å². The highest BCUT2D eigenvalue weighted by Crippen LogP contribution is 2.30. The van der Waals surface area contributed by atoms with Gasteiger partial charge >= 0.3 is 6.09 Å². The van der Waals surface area contributed by atoms with Crippen LogP contribution in [0.4, 0.5) is 20.8 Å². The Morgan fingerprint density at radius 1 is 1.37 bits per heavy atom. The normalized spacial score (nSPS) is 19.2. The molecule has 3 atom stereocenters. The van der Waals surface area contributed by atoms with Gasteiger partial charge in [-0.15, -0.1) is 0 Å². The van der Waals surface area contributed by atoms with Crippen LogP contribution in [0, 0.1) is 5.82 Å². The molecule has 1 aliphatic heterocycles. The summed E-state index contributed by atoms with van der Waals surface area (Å²) in [5.41, 5.74) is 6.10. The number of benzene rings is 1. The first-order chi connectivity index (χ1) is 14.4. The number of alkyl carbamates (subject to hydrolysis) is 1. The molecule has 1 aliphatic rings. The number of primary amides is 1. The average molecular weight is 417 g/mol. The van der Waals surface area contributed by atoms with Gasteiger partial charge in [-0.05, 0) is 31.5 Å². The molecule has 3 rings (SSSR count). The molecule has 2 heterocycles. The number of nitrogens with zero attached hydrogens (tertiary/aromatic N) is 2. The van der Waals surface area contributed by atoms with Crippen molar-refractivity contribution in [1.29, 1.82) is 0 Å². The van der Waals surface area contributed by atoms with Gasteiger partial charge < -0.3 is 25.8 Å². The van der Waals surface area contributed by atoms with E-state index in [1.807, 2.05) is 13.8 Å². The number of nitrogens with two attached hydrogens (primary N) is 1. The highest BCUT2D eigenvalue weighted by atomic mass is 19.1. The Morgan fingerprint density at radius 2 is 2.10 bits per heavy atom. The maximum atomic E-state index is 13.6. The maximum Gasteiger partial charge on any atom is 0.407 e. The quantitative estimate of drug-likeness (QED) is 0.632. The van der Waals surface area contributed by atoms with Crippen LogP contribution in [0.1, 0.15) is 48.7 Å². The fraction of sp³-hybridized carbons (Fsp3) is 0.400. The van der Waals surface area contributed by atoms with Crippen LogP contribution in [-0.2, 0) is 9.47 Å². The first-order valence-corrected chi connectivity index (χ1v) is 9.62. The van der Waals surface area contributed by atoms with Crippen molar-refractivity contribution in [3.8, 4) is 0 Å². The Morgan fingerprint density at radius 3 is 2.77 bits per heavy atom. The number of hydrogen-bond donors (Lipinski definition) is 3. The van der Waals surface area contributed by atoms with Crippen LogP contribution in [0.3, 0.4) is 0 Å². The van der Waals surface area contributed by atoms with E-state index in [9.17, 15) is 14.0 Å². The lowest BCUT2D eigenvalue weighted by molar-refractivity contribution is 0.0686. The van der Waals surface area contributed by atoms with Gasteiger partial charge in [0, 0.05) is 36.1 Å². The van der Waals surface area contributed by atoms with E-state index in [0.29, 0.717) is 18.7 Å². The van der Waals surface area contributed by atoms with Crippen molar-refractivity contribution in [1.82, 2.24) is 15.3 Å². The smallest absolute Gasteiger partial charge is 0.407 e. The number of nitrogens with one attached hydrogen (secondary N) is 2. The molecule has 0 radical (unpaired) electrons. The third-order valence-electron chi connectivity index (χ3n) is 4.74. The third kappa shape index (κ3) is 5.41. The largest absolute Gasteiger partial charge is 0.444 e. The molecule has 30 heavy (non-hydrogen) atoms. The summed E-state index contributed by atoms with van der Waals surface area (Å²) in [5.74, 6) is -1.29. The van der Waals surface area contributed by atoms with E-state index in [1.165, 1.54) is 12.1 Å². The SMILES string of the molecule is CC[C@H](C)NC(=O)O[C@@H]1CO[C@H](c2cnc(Nc3ccc(F)c(C(N)=O)c3)nc2)C1. The lowest BCUT2D eigenvalue weighted by Gasteiger charge is -2.15. The van der Waals surface area contributed by atoms with E-state index in [-0.39, 0.29) is 29.8 Å². The molecule has 1 aromatic carbocycles. The maximum absolute atomic E-state index is 13.6. The van der Waals surface area contributed by atoms with E-state index < -0.39 is 17.8 Å². The zero-order valence-corrected chi connectivity index (χ0v) is 16.7. The molecule has 2 amide bonds. The van der Waals surface area contributed by atoms with Gasteiger partial charge in [0.1, 0.15) is 11.9 Å². The second kappa shape index (κ2) is 9.49. The molecule has 0 saturated carbocycles.